The number of hydrogen-bond acceptors (Lipinski definition) is 3. The maximum atomic E-state index is 12.0. The molecule has 1 aromatic carbocycles. The molecule has 2 aromatic rings. The van der Waals surface area contributed by atoms with Gasteiger partial charge in [0.2, 0.25) is 17.8 Å². The first-order valence-electron chi connectivity index (χ1n) is 5.34. The first-order valence-corrected chi connectivity index (χ1v) is 6.22. The van der Waals surface area contributed by atoms with Crippen LogP contribution in [0.4, 0.5) is 0 Å². The van der Waals surface area contributed by atoms with E-state index >= 15 is 0 Å². The molecule has 1 N–H and O–H groups in total. The van der Waals surface area contributed by atoms with E-state index in [1.807, 2.05) is 23.9 Å². The van der Waals surface area contributed by atoms with Crippen LogP contribution in [0.5, 0.6) is 5.75 Å². The van der Waals surface area contributed by atoms with E-state index in [0.717, 1.165) is 5.69 Å². The van der Waals surface area contributed by atoms with Crippen LogP contribution in [0, 0.1) is 13.8 Å². The van der Waals surface area contributed by atoms with Gasteiger partial charge in [-0.25, -0.2) is 0 Å². The third-order valence-corrected chi connectivity index (χ3v) is 3.79. The topological polar surface area (TPSA) is 41.2 Å². The van der Waals surface area contributed by atoms with Crippen LogP contribution in [-0.2, 0) is 6.54 Å². The number of carbonyl (C=O) groups is 1. The number of Topliss-reactive ketones (excluding diaryl/α,β-unsaturated/α-hetero) is 1. The summed E-state index contributed by atoms with van der Waals surface area (Å²) in [5, 5.41) is 9.33. The average molecular weight is 248 g/mol. The van der Waals surface area contributed by atoms with Crippen LogP contribution in [0.25, 0.3) is 0 Å². The molecule has 2 rings (SSSR count). The number of rotatable bonds is 3. The Bertz CT molecular complexity index is 560. The number of phenolic OH excluding ortho intramolecular Hbond substituents is 1. The Morgan fingerprint density at radius 2 is 2.18 bits per heavy atom. The fraction of sp³-hybridized carbons (Fsp3) is 0.231. The van der Waals surface area contributed by atoms with Gasteiger partial charge in [0.1, 0.15) is 5.75 Å². The summed E-state index contributed by atoms with van der Waals surface area (Å²) in [7, 11) is 0. The summed E-state index contributed by atoms with van der Waals surface area (Å²) in [5.74, 6) is 0.130. The molecule has 0 saturated heterocycles. The Morgan fingerprint density at radius 1 is 1.41 bits per heavy atom. The van der Waals surface area contributed by atoms with Crippen LogP contribution < -0.4 is 4.57 Å². The zero-order chi connectivity index (χ0) is 12.4. The summed E-state index contributed by atoms with van der Waals surface area (Å²) >= 11 is 1.63. The molecule has 17 heavy (non-hydrogen) atoms. The molecule has 0 atom stereocenters. The van der Waals surface area contributed by atoms with Gasteiger partial charge in [-0.05, 0) is 19.1 Å². The number of benzene rings is 1. The average Bonchev–Trinajstić information content (AvgIpc) is 2.61. The number of phenols is 1. The lowest BCUT2D eigenvalue weighted by atomic mass is 10.1. The largest absolute Gasteiger partial charge is 0.508 e. The zero-order valence-electron chi connectivity index (χ0n) is 9.80. The van der Waals surface area contributed by atoms with Gasteiger partial charge in [0.25, 0.3) is 0 Å². The minimum atomic E-state index is 0.00630. The van der Waals surface area contributed by atoms with E-state index in [4.69, 9.17) is 0 Å². The Labute approximate surface area is 104 Å². The van der Waals surface area contributed by atoms with Gasteiger partial charge in [-0.3, -0.25) is 4.79 Å². The molecular formula is C13H14NO2S+. The van der Waals surface area contributed by atoms with Crippen molar-refractivity contribution >= 4 is 17.1 Å². The predicted octanol–water partition coefficient (Wildman–Crippen LogP) is 2.24. The quantitative estimate of drug-likeness (QED) is 0.668. The van der Waals surface area contributed by atoms with E-state index in [0.29, 0.717) is 12.1 Å². The van der Waals surface area contributed by atoms with Crippen LogP contribution in [0.1, 0.15) is 20.9 Å². The number of thiazole rings is 1. The Balaban J connectivity index is 2.20. The van der Waals surface area contributed by atoms with Gasteiger partial charge in [-0.15, -0.1) is 0 Å². The maximum Gasteiger partial charge on any atom is 0.227 e. The van der Waals surface area contributed by atoms with Crippen molar-refractivity contribution in [1.29, 1.82) is 0 Å². The number of aryl methyl sites for hydroxylation is 1. The number of ketones is 1. The molecule has 0 radical (unpaired) electrons. The van der Waals surface area contributed by atoms with Crippen LogP contribution in [0.15, 0.2) is 29.8 Å². The Hall–Kier alpha value is -1.68. The van der Waals surface area contributed by atoms with Crippen molar-refractivity contribution in [3.8, 4) is 5.75 Å². The van der Waals surface area contributed by atoms with Gasteiger partial charge in [0.05, 0.1) is 4.88 Å². The van der Waals surface area contributed by atoms with Crippen LogP contribution in [-0.4, -0.2) is 10.9 Å². The molecule has 0 spiro atoms. The Morgan fingerprint density at radius 3 is 2.76 bits per heavy atom. The van der Waals surface area contributed by atoms with Crippen molar-refractivity contribution in [3.05, 3.63) is 45.9 Å². The second kappa shape index (κ2) is 4.67. The molecule has 88 valence electrons. The molecule has 0 fully saturated rings. The molecule has 1 aromatic heterocycles. The van der Waals surface area contributed by atoms with Crippen molar-refractivity contribution < 1.29 is 14.5 Å². The Kier molecular flexibility index (Phi) is 3.24. The van der Waals surface area contributed by atoms with Crippen molar-refractivity contribution in [2.45, 2.75) is 20.4 Å². The van der Waals surface area contributed by atoms with Gasteiger partial charge in [-0.1, -0.05) is 23.5 Å². The third-order valence-electron chi connectivity index (χ3n) is 2.78. The molecular weight excluding hydrogens is 234 g/mol. The maximum absolute atomic E-state index is 12.0. The van der Waals surface area contributed by atoms with E-state index in [2.05, 4.69) is 0 Å². The molecule has 0 bridgehead atoms. The number of aromatic nitrogens is 1. The molecule has 0 amide bonds. The second-order valence-corrected chi connectivity index (χ2v) is 5.03. The van der Waals surface area contributed by atoms with Gasteiger partial charge >= 0.3 is 0 Å². The summed E-state index contributed by atoms with van der Waals surface area (Å²) in [6.45, 7) is 4.36. The molecule has 4 heteroatoms. The first kappa shape index (κ1) is 11.8. The first-order chi connectivity index (χ1) is 8.08. The standard InChI is InChI=1S/C13H13NO2S/c1-9-10(2)17-8-14(9)7-13(16)11-4-3-5-12(15)6-11/h3-6,8H,7H2,1-2H3/p+1. The summed E-state index contributed by atoms with van der Waals surface area (Å²) in [6.07, 6.45) is 0. The van der Waals surface area contributed by atoms with E-state index in [1.165, 1.54) is 10.9 Å². The molecule has 0 aliphatic carbocycles. The molecule has 0 saturated carbocycles. The van der Waals surface area contributed by atoms with Gasteiger partial charge in [0.15, 0.2) is 5.69 Å². The highest BCUT2D eigenvalue weighted by molar-refractivity contribution is 7.09. The lowest BCUT2D eigenvalue weighted by molar-refractivity contribution is -0.684. The summed E-state index contributed by atoms with van der Waals surface area (Å²) in [4.78, 5) is 13.2. The normalized spacial score (nSPS) is 10.5. The predicted molar refractivity (Wildman–Crippen MR) is 66.4 cm³/mol. The molecule has 0 unspecified atom stereocenters. The highest BCUT2D eigenvalue weighted by Crippen LogP contribution is 2.12. The number of nitrogens with zero attached hydrogens (tertiary/aromatic N) is 1. The van der Waals surface area contributed by atoms with Crippen LogP contribution in [0.2, 0.25) is 0 Å². The van der Waals surface area contributed by atoms with E-state index in [-0.39, 0.29) is 11.5 Å². The monoisotopic (exact) mass is 248 g/mol. The third kappa shape index (κ3) is 2.53. The minimum absolute atomic E-state index is 0.00630. The number of aromatic hydroxyl groups is 1. The highest BCUT2D eigenvalue weighted by Gasteiger charge is 2.17. The molecule has 0 aliphatic heterocycles. The second-order valence-electron chi connectivity index (χ2n) is 3.97. The summed E-state index contributed by atoms with van der Waals surface area (Å²) in [5.41, 5.74) is 3.61. The fourth-order valence-electron chi connectivity index (χ4n) is 1.59. The van der Waals surface area contributed by atoms with Crippen molar-refractivity contribution in [3.63, 3.8) is 0 Å². The lowest BCUT2D eigenvalue weighted by Crippen LogP contribution is -2.38. The summed E-state index contributed by atoms with van der Waals surface area (Å²) < 4.78 is 1.94. The summed E-state index contributed by atoms with van der Waals surface area (Å²) in [6, 6.07) is 6.46. The zero-order valence-corrected chi connectivity index (χ0v) is 10.6. The molecule has 1 heterocycles. The number of hydrogen-bond donors (Lipinski definition) is 1. The van der Waals surface area contributed by atoms with E-state index in [1.54, 1.807) is 29.5 Å². The van der Waals surface area contributed by atoms with E-state index < -0.39 is 0 Å². The molecule has 3 nitrogen and oxygen atoms in total. The van der Waals surface area contributed by atoms with Gasteiger partial charge in [-0.2, -0.15) is 4.57 Å². The van der Waals surface area contributed by atoms with Crippen molar-refractivity contribution in [2.24, 2.45) is 0 Å². The van der Waals surface area contributed by atoms with Gasteiger partial charge < -0.3 is 5.11 Å². The van der Waals surface area contributed by atoms with E-state index in [9.17, 15) is 9.90 Å². The smallest absolute Gasteiger partial charge is 0.227 e. The SMILES string of the molecule is Cc1sc[n+](CC(=O)c2cccc(O)c2)c1C. The fourth-order valence-corrected chi connectivity index (χ4v) is 2.40. The van der Waals surface area contributed by atoms with Crippen molar-refractivity contribution in [2.75, 3.05) is 0 Å². The number of carbonyl (C=O) groups excluding carboxylic acids is 1. The van der Waals surface area contributed by atoms with Crippen LogP contribution >= 0.6 is 11.3 Å². The van der Waals surface area contributed by atoms with Crippen molar-refractivity contribution in [1.82, 2.24) is 0 Å². The van der Waals surface area contributed by atoms with Gasteiger partial charge in [0, 0.05) is 12.5 Å². The minimum Gasteiger partial charge on any atom is -0.508 e. The molecule has 0 aliphatic rings. The highest BCUT2D eigenvalue weighted by atomic mass is 32.1. The lowest BCUT2D eigenvalue weighted by Gasteiger charge is -1.98. The van der Waals surface area contributed by atoms with Crippen LogP contribution in [0.3, 0.4) is 0 Å².